The Morgan fingerprint density at radius 3 is 3.00 bits per heavy atom. The third kappa shape index (κ3) is 1.66. The van der Waals surface area contributed by atoms with Crippen LogP contribution < -0.4 is 4.74 Å². The molecule has 0 saturated heterocycles. The SMILES string of the molecule is COc1cc(Cl)c2nc(Br)sc2c1. The highest BCUT2D eigenvalue weighted by Crippen LogP contribution is 2.34. The topological polar surface area (TPSA) is 22.1 Å². The van der Waals surface area contributed by atoms with E-state index in [4.69, 9.17) is 16.3 Å². The van der Waals surface area contributed by atoms with Crippen molar-refractivity contribution in [3.8, 4) is 5.75 Å². The molecular formula is C8H5BrClNOS. The number of fused-ring (bicyclic) bond motifs is 1. The van der Waals surface area contributed by atoms with E-state index in [0.717, 1.165) is 19.9 Å². The lowest BCUT2D eigenvalue weighted by atomic mass is 10.3. The van der Waals surface area contributed by atoms with E-state index in [2.05, 4.69) is 20.9 Å². The molecular weight excluding hydrogens is 274 g/mol. The number of methoxy groups -OCH3 is 1. The summed E-state index contributed by atoms with van der Waals surface area (Å²) < 4.78 is 6.95. The molecule has 2 aromatic rings. The Hall–Kier alpha value is -0.320. The summed E-state index contributed by atoms with van der Waals surface area (Å²) >= 11 is 10.8. The van der Waals surface area contributed by atoms with Crippen LogP contribution in [0.4, 0.5) is 0 Å². The number of halogens is 2. The third-order valence-corrected chi connectivity index (χ3v) is 3.37. The molecule has 0 atom stereocenters. The summed E-state index contributed by atoms with van der Waals surface area (Å²) in [6, 6.07) is 3.68. The normalized spacial score (nSPS) is 10.7. The van der Waals surface area contributed by atoms with E-state index in [1.807, 2.05) is 6.07 Å². The number of hydrogen-bond acceptors (Lipinski definition) is 3. The van der Waals surface area contributed by atoms with Crippen molar-refractivity contribution in [3.63, 3.8) is 0 Å². The van der Waals surface area contributed by atoms with Crippen LogP contribution >= 0.6 is 38.9 Å². The fourth-order valence-electron chi connectivity index (χ4n) is 1.06. The van der Waals surface area contributed by atoms with E-state index in [1.54, 1.807) is 13.2 Å². The first-order valence-corrected chi connectivity index (χ1v) is 5.49. The van der Waals surface area contributed by atoms with Gasteiger partial charge in [-0.15, -0.1) is 11.3 Å². The van der Waals surface area contributed by atoms with E-state index in [-0.39, 0.29) is 0 Å². The predicted molar refractivity (Wildman–Crippen MR) is 58.9 cm³/mol. The molecule has 1 aromatic heterocycles. The van der Waals surface area contributed by atoms with Crippen LogP contribution in [0.5, 0.6) is 5.75 Å². The molecule has 2 nitrogen and oxygen atoms in total. The molecule has 0 bridgehead atoms. The van der Waals surface area contributed by atoms with Crippen LogP contribution in [0.1, 0.15) is 0 Å². The molecule has 0 fully saturated rings. The van der Waals surface area contributed by atoms with Gasteiger partial charge in [0.05, 0.1) is 16.8 Å². The molecule has 0 unspecified atom stereocenters. The highest BCUT2D eigenvalue weighted by molar-refractivity contribution is 9.11. The van der Waals surface area contributed by atoms with Gasteiger partial charge in [-0.1, -0.05) is 11.6 Å². The van der Waals surface area contributed by atoms with E-state index in [0.29, 0.717) is 5.02 Å². The zero-order valence-electron chi connectivity index (χ0n) is 6.67. The van der Waals surface area contributed by atoms with E-state index < -0.39 is 0 Å². The summed E-state index contributed by atoms with van der Waals surface area (Å²) in [4.78, 5) is 4.24. The molecule has 1 aromatic carbocycles. The molecule has 0 amide bonds. The number of hydrogen-bond donors (Lipinski definition) is 0. The zero-order valence-corrected chi connectivity index (χ0v) is 9.83. The number of benzene rings is 1. The smallest absolute Gasteiger partial charge is 0.160 e. The van der Waals surface area contributed by atoms with E-state index in [1.165, 1.54) is 11.3 Å². The van der Waals surface area contributed by atoms with Gasteiger partial charge in [0.2, 0.25) is 0 Å². The van der Waals surface area contributed by atoms with Crippen molar-refractivity contribution in [3.05, 3.63) is 21.1 Å². The maximum Gasteiger partial charge on any atom is 0.160 e. The van der Waals surface area contributed by atoms with Crippen molar-refractivity contribution in [2.24, 2.45) is 0 Å². The average molecular weight is 279 g/mol. The minimum atomic E-state index is 0.622. The molecule has 0 aliphatic rings. The summed E-state index contributed by atoms with van der Waals surface area (Å²) in [5.41, 5.74) is 0.819. The molecule has 0 radical (unpaired) electrons. The largest absolute Gasteiger partial charge is 0.497 e. The Morgan fingerprint density at radius 1 is 1.54 bits per heavy atom. The van der Waals surface area contributed by atoms with Crippen LogP contribution in [0.3, 0.4) is 0 Å². The van der Waals surface area contributed by atoms with Gasteiger partial charge in [0.1, 0.15) is 11.3 Å². The molecule has 0 saturated carbocycles. The van der Waals surface area contributed by atoms with Gasteiger partial charge in [0.25, 0.3) is 0 Å². The van der Waals surface area contributed by atoms with E-state index in [9.17, 15) is 0 Å². The van der Waals surface area contributed by atoms with Gasteiger partial charge in [-0.2, -0.15) is 0 Å². The standard InChI is InChI=1S/C8H5BrClNOS/c1-12-4-2-5(10)7-6(3-4)13-8(9)11-7/h2-3H,1H3. The Labute approximate surface area is 92.6 Å². The van der Waals surface area contributed by atoms with Gasteiger partial charge in [-0.05, 0) is 22.0 Å². The van der Waals surface area contributed by atoms with Crippen molar-refractivity contribution in [2.45, 2.75) is 0 Å². The van der Waals surface area contributed by atoms with E-state index >= 15 is 0 Å². The Balaban J connectivity index is 2.75. The minimum absolute atomic E-state index is 0.622. The van der Waals surface area contributed by atoms with Crippen LogP contribution in [-0.4, -0.2) is 12.1 Å². The summed E-state index contributed by atoms with van der Waals surface area (Å²) in [7, 11) is 1.62. The minimum Gasteiger partial charge on any atom is -0.497 e. The fraction of sp³-hybridized carbons (Fsp3) is 0.125. The lowest BCUT2D eigenvalue weighted by Gasteiger charge is -1.99. The van der Waals surface area contributed by atoms with Crippen molar-refractivity contribution < 1.29 is 4.74 Å². The van der Waals surface area contributed by atoms with Crippen LogP contribution in [-0.2, 0) is 0 Å². The molecule has 0 spiro atoms. The lowest BCUT2D eigenvalue weighted by molar-refractivity contribution is 0.415. The maximum absolute atomic E-state index is 6.00. The third-order valence-electron chi connectivity index (χ3n) is 1.63. The van der Waals surface area contributed by atoms with Gasteiger partial charge >= 0.3 is 0 Å². The Morgan fingerprint density at radius 2 is 2.31 bits per heavy atom. The van der Waals surface area contributed by atoms with Gasteiger partial charge in [0, 0.05) is 6.07 Å². The maximum atomic E-state index is 6.00. The lowest BCUT2D eigenvalue weighted by Crippen LogP contribution is -1.81. The highest BCUT2D eigenvalue weighted by atomic mass is 79.9. The molecule has 13 heavy (non-hydrogen) atoms. The average Bonchev–Trinajstić information content (AvgIpc) is 2.46. The summed E-state index contributed by atoms with van der Waals surface area (Å²) in [5, 5.41) is 0.622. The van der Waals surface area contributed by atoms with Gasteiger partial charge in [-0.25, -0.2) is 4.98 Å². The Kier molecular flexibility index (Phi) is 2.45. The van der Waals surface area contributed by atoms with Crippen LogP contribution in [0.25, 0.3) is 10.2 Å². The molecule has 2 rings (SSSR count). The van der Waals surface area contributed by atoms with Crippen LogP contribution in [0, 0.1) is 0 Å². The van der Waals surface area contributed by atoms with Crippen LogP contribution in [0.15, 0.2) is 16.0 Å². The number of aromatic nitrogens is 1. The summed E-state index contributed by atoms with van der Waals surface area (Å²) in [6.45, 7) is 0. The van der Waals surface area contributed by atoms with Crippen molar-refractivity contribution in [1.29, 1.82) is 0 Å². The molecule has 0 N–H and O–H groups in total. The quantitative estimate of drug-likeness (QED) is 0.793. The number of ether oxygens (including phenoxy) is 1. The van der Waals surface area contributed by atoms with Crippen molar-refractivity contribution in [2.75, 3.05) is 7.11 Å². The fourth-order valence-corrected chi connectivity index (χ4v) is 2.81. The zero-order chi connectivity index (χ0) is 9.42. The van der Waals surface area contributed by atoms with Gasteiger partial charge in [-0.3, -0.25) is 0 Å². The Bertz CT molecular complexity index is 457. The molecule has 68 valence electrons. The van der Waals surface area contributed by atoms with Gasteiger partial charge < -0.3 is 4.74 Å². The second kappa shape index (κ2) is 3.44. The highest BCUT2D eigenvalue weighted by Gasteiger charge is 2.07. The first kappa shape index (κ1) is 9.24. The monoisotopic (exact) mass is 277 g/mol. The molecule has 5 heteroatoms. The summed E-state index contributed by atoms with van der Waals surface area (Å²) in [5.74, 6) is 0.758. The second-order valence-corrected chi connectivity index (χ2v) is 5.14. The molecule has 1 heterocycles. The first-order valence-electron chi connectivity index (χ1n) is 3.50. The van der Waals surface area contributed by atoms with Crippen molar-refractivity contribution >= 4 is 49.1 Å². The number of nitrogens with zero attached hydrogens (tertiary/aromatic N) is 1. The predicted octanol–water partition coefficient (Wildman–Crippen LogP) is 3.72. The molecule has 0 aliphatic carbocycles. The first-order chi connectivity index (χ1) is 6.20. The number of thiazole rings is 1. The second-order valence-electron chi connectivity index (χ2n) is 2.42. The summed E-state index contributed by atoms with van der Waals surface area (Å²) in [6.07, 6.45) is 0. The molecule has 0 aliphatic heterocycles. The van der Waals surface area contributed by atoms with Crippen molar-refractivity contribution in [1.82, 2.24) is 4.98 Å². The van der Waals surface area contributed by atoms with Crippen LogP contribution in [0.2, 0.25) is 5.02 Å². The van der Waals surface area contributed by atoms with Gasteiger partial charge in [0.15, 0.2) is 3.92 Å². The number of rotatable bonds is 1.